The Hall–Kier alpha value is -3.57. The van der Waals surface area contributed by atoms with Crippen LogP contribution in [0.15, 0.2) is 64.8 Å². The molecular formula is C18H10FN3O. The Morgan fingerprint density at radius 3 is 2.78 bits per heavy atom. The highest BCUT2D eigenvalue weighted by atomic mass is 19.1. The van der Waals surface area contributed by atoms with Crippen molar-refractivity contribution in [2.75, 3.05) is 0 Å². The van der Waals surface area contributed by atoms with Gasteiger partial charge >= 0.3 is 0 Å². The van der Waals surface area contributed by atoms with E-state index in [1.807, 2.05) is 0 Å². The van der Waals surface area contributed by atoms with E-state index in [1.54, 1.807) is 59.3 Å². The van der Waals surface area contributed by atoms with Crippen LogP contribution in [0.1, 0.15) is 5.76 Å². The maximum absolute atomic E-state index is 14.0. The molecule has 0 aliphatic rings. The lowest BCUT2D eigenvalue weighted by Crippen LogP contribution is -1.97. The van der Waals surface area contributed by atoms with Crippen LogP contribution in [-0.2, 0) is 0 Å². The van der Waals surface area contributed by atoms with Crippen molar-refractivity contribution in [1.82, 2.24) is 4.57 Å². The number of nitriles is 1. The number of aromatic nitrogens is 1. The zero-order chi connectivity index (χ0) is 16.2. The van der Waals surface area contributed by atoms with E-state index in [0.717, 1.165) is 0 Å². The fourth-order valence-corrected chi connectivity index (χ4v) is 2.23. The molecule has 4 nitrogen and oxygen atoms in total. The van der Waals surface area contributed by atoms with E-state index in [9.17, 15) is 4.39 Å². The third kappa shape index (κ3) is 2.76. The number of hydrogen-bond acceptors (Lipinski definition) is 2. The second-order valence-electron chi connectivity index (χ2n) is 4.67. The highest BCUT2D eigenvalue weighted by Crippen LogP contribution is 2.27. The molecule has 0 aliphatic heterocycles. The van der Waals surface area contributed by atoms with Crippen LogP contribution < -0.4 is 0 Å². The number of hydrogen-bond donors (Lipinski definition) is 0. The summed E-state index contributed by atoms with van der Waals surface area (Å²) in [5, 5.41) is 8.78. The van der Waals surface area contributed by atoms with Crippen molar-refractivity contribution in [2.45, 2.75) is 0 Å². The molecule has 0 atom stereocenters. The van der Waals surface area contributed by atoms with Gasteiger partial charge in [0.1, 0.15) is 11.6 Å². The lowest BCUT2D eigenvalue weighted by Gasteiger charge is -2.08. The number of furan rings is 1. The third-order valence-electron chi connectivity index (χ3n) is 3.25. The van der Waals surface area contributed by atoms with Crippen LogP contribution in [0.25, 0.3) is 28.1 Å². The molecule has 0 radical (unpaired) electrons. The maximum Gasteiger partial charge on any atom is 0.265 e. The molecular weight excluding hydrogens is 293 g/mol. The first-order valence-electron chi connectivity index (χ1n) is 6.74. The Kier molecular flexibility index (Phi) is 3.78. The van der Waals surface area contributed by atoms with Crippen LogP contribution >= 0.6 is 0 Å². The van der Waals surface area contributed by atoms with Crippen LogP contribution in [0, 0.1) is 23.7 Å². The number of benzene rings is 1. The average Bonchev–Trinajstić information content (AvgIpc) is 3.22. The highest BCUT2D eigenvalue weighted by Gasteiger charge is 2.12. The smallest absolute Gasteiger partial charge is 0.265 e. The number of nitrogens with zero attached hydrogens (tertiary/aromatic N) is 3. The standard InChI is InChI=1S/C18H10FN3O/c1-21-13(12-20)11-14-8-9-18(23-14)17-7-4-10-22(17)16-6-3-2-5-15(16)19/h2-11H/b13-11+. The predicted octanol–water partition coefficient (Wildman–Crippen LogP) is 4.66. The van der Waals surface area contributed by atoms with Crippen molar-refractivity contribution in [3.8, 4) is 23.2 Å². The molecule has 2 heterocycles. The van der Waals surface area contributed by atoms with Gasteiger partial charge in [0.05, 0.1) is 24.0 Å². The van der Waals surface area contributed by atoms with Gasteiger partial charge in [0.2, 0.25) is 0 Å². The molecule has 0 N–H and O–H groups in total. The van der Waals surface area contributed by atoms with E-state index < -0.39 is 0 Å². The molecule has 3 aromatic rings. The minimum atomic E-state index is -0.337. The second-order valence-corrected chi connectivity index (χ2v) is 4.67. The summed E-state index contributed by atoms with van der Waals surface area (Å²) in [6, 6.07) is 15.2. The Bertz CT molecular complexity index is 951. The molecule has 0 amide bonds. The average molecular weight is 303 g/mol. The first kappa shape index (κ1) is 14.4. The number of allylic oxidation sites excluding steroid dienone is 1. The lowest BCUT2D eigenvalue weighted by atomic mass is 10.2. The van der Waals surface area contributed by atoms with Crippen LogP contribution in [0.3, 0.4) is 0 Å². The van der Waals surface area contributed by atoms with Crippen molar-refractivity contribution in [2.24, 2.45) is 0 Å². The maximum atomic E-state index is 14.0. The van der Waals surface area contributed by atoms with Crippen molar-refractivity contribution in [1.29, 1.82) is 5.26 Å². The van der Waals surface area contributed by atoms with Gasteiger partial charge in [0.15, 0.2) is 5.76 Å². The van der Waals surface area contributed by atoms with E-state index in [4.69, 9.17) is 16.3 Å². The van der Waals surface area contributed by atoms with Crippen molar-refractivity contribution < 1.29 is 8.81 Å². The van der Waals surface area contributed by atoms with Gasteiger partial charge in [-0.3, -0.25) is 0 Å². The third-order valence-corrected chi connectivity index (χ3v) is 3.25. The summed E-state index contributed by atoms with van der Waals surface area (Å²) in [7, 11) is 0. The van der Waals surface area contributed by atoms with E-state index in [-0.39, 0.29) is 11.5 Å². The molecule has 23 heavy (non-hydrogen) atoms. The Morgan fingerprint density at radius 2 is 2.04 bits per heavy atom. The second kappa shape index (κ2) is 6.05. The SMILES string of the molecule is [C-]#[N+]/C(C#N)=C/c1ccc(-c2cccn2-c2ccccc2F)o1. The Balaban J connectivity index is 2.03. The summed E-state index contributed by atoms with van der Waals surface area (Å²) in [5.41, 5.74) is 1.03. The van der Waals surface area contributed by atoms with Gasteiger partial charge in [0, 0.05) is 6.20 Å². The zero-order valence-corrected chi connectivity index (χ0v) is 11.9. The summed E-state index contributed by atoms with van der Waals surface area (Å²) in [6.45, 7) is 6.87. The molecule has 5 heteroatoms. The fourth-order valence-electron chi connectivity index (χ4n) is 2.23. The molecule has 0 saturated heterocycles. The number of rotatable bonds is 3. The molecule has 0 unspecified atom stereocenters. The minimum Gasteiger partial charge on any atom is -0.456 e. The molecule has 3 rings (SSSR count). The molecule has 0 saturated carbocycles. The largest absolute Gasteiger partial charge is 0.456 e. The first-order valence-corrected chi connectivity index (χ1v) is 6.74. The molecule has 0 spiro atoms. The van der Waals surface area contributed by atoms with Gasteiger partial charge in [-0.15, -0.1) is 0 Å². The molecule has 1 aromatic carbocycles. The van der Waals surface area contributed by atoms with Gasteiger partial charge in [-0.05, 0) is 42.5 Å². The normalized spacial score (nSPS) is 11.0. The van der Waals surface area contributed by atoms with E-state index >= 15 is 0 Å². The van der Waals surface area contributed by atoms with Gasteiger partial charge < -0.3 is 8.98 Å². The quantitative estimate of drug-likeness (QED) is 0.522. The van der Waals surface area contributed by atoms with Gasteiger partial charge in [0.25, 0.3) is 5.70 Å². The topological polar surface area (TPSA) is 46.2 Å². The lowest BCUT2D eigenvalue weighted by molar-refractivity contribution is 0.566. The number of halogens is 1. The summed E-state index contributed by atoms with van der Waals surface area (Å²) in [6.07, 6.45) is 3.11. The van der Waals surface area contributed by atoms with Crippen LogP contribution in [0.5, 0.6) is 0 Å². The Morgan fingerprint density at radius 1 is 1.22 bits per heavy atom. The van der Waals surface area contributed by atoms with Crippen molar-refractivity contribution in [3.05, 3.63) is 83.4 Å². The van der Waals surface area contributed by atoms with Crippen molar-refractivity contribution >= 4 is 6.08 Å². The summed E-state index contributed by atoms with van der Waals surface area (Å²) in [5.74, 6) is 0.581. The predicted molar refractivity (Wildman–Crippen MR) is 83.6 cm³/mol. The molecule has 2 aromatic heterocycles. The Labute approximate surface area is 132 Å². The first-order chi connectivity index (χ1) is 11.2. The summed E-state index contributed by atoms with van der Waals surface area (Å²) < 4.78 is 21.3. The van der Waals surface area contributed by atoms with Crippen molar-refractivity contribution in [3.63, 3.8) is 0 Å². The fraction of sp³-hybridized carbons (Fsp3) is 0. The molecule has 110 valence electrons. The molecule has 0 fully saturated rings. The van der Waals surface area contributed by atoms with Crippen LogP contribution in [-0.4, -0.2) is 4.57 Å². The van der Waals surface area contributed by atoms with E-state index in [1.165, 1.54) is 12.1 Å². The minimum absolute atomic E-state index is 0.0598. The van der Waals surface area contributed by atoms with E-state index in [0.29, 0.717) is 22.9 Å². The van der Waals surface area contributed by atoms with Gasteiger partial charge in [-0.25, -0.2) is 14.5 Å². The molecule has 0 aliphatic carbocycles. The van der Waals surface area contributed by atoms with Crippen LogP contribution in [0.4, 0.5) is 4.39 Å². The van der Waals surface area contributed by atoms with Crippen LogP contribution in [0.2, 0.25) is 0 Å². The van der Waals surface area contributed by atoms with Gasteiger partial charge in [-0.2, -0.15) is 0 Å². The summed E-state index contributed by atoms with van der Waals surface area (Å²) >= 11 is 0. The molecule has 0 bridgehead atoms. The zero-order valence-electron chi connectivity index (χ0n) is 11.9. The van der Waals surface area contributed by atoms with E-state index in [2.05, 4.69) is 4.85 Å². The number of para-hydroxylation sites is 1. The monoisotopic (exact) mass is 303 g/mol. The summed E-state index contributed by atoms with van der Waals surface area (Å²) in [4.78, 5) is 3.09. The van der Waals surface area contributed by atoms with Gasteiger partial charge in [-0.1, -0.05) is 12.1 Å². The highest BCUT2D eigenvalue weighted by molar-refractivity contribution is 5.62.